The summed E-state index contributed by atoms with van der Waals surface area (Å²) in [5.41, 5.74) is 0. The molecule has 0 rings (SSSR count). The highest BCUT2D eigenvalue weighted by molar-refractivity contribution is 7.83. The van der Waals surface area contributed by atoms with Crippen LogP contribution in [0.1, 0.15) is 32.6 Å². The zero-order valence-corrected chi connectivity index (χ0v) is 16.9. The van der Waals surface area contributed by atoms with Gasteiger partial charge in [0.25, 0.3) is 0 Å². The molecule has 22 heteroatoms. The van der Waals surface area contributed by atoms with Crippen molar-refractivity contribution in [2.75, 3.05) is 0 Å². The van der Waals surface area contributed by atoms with Crippen LogP contribution in [0.3, 0.4) is 0 Å². The topological polar surface area (TPSA) is 295 Å². The molecule has 0 aliphatic carbocycles. The lowest BCUT2D eigenvalue weighted by molar-refractivity contribution is -0.105. The van der Waals surface area contributed by atoms with Gasteiger partial charge >= 0.3 is 41.6 Å². The predicted molar refractivity (Wildman–Crippen MR) is 82.9 cm³/mol. The zero-order valence-electron chi connectivity index (χ0n) is 13.6. The van der Waals surface area contributed by atoms with E-state index in [0.717, 1.165) is 19.3 Å². The van der Waals surface area contributed by atoms with Gasteiger partial charge in [0.05, 0.1) is 0 Å². The maximum atomic E-state index is 9.51. The molecular weight excluding hydrogens is 488 g/mol. The molecule has 0 aliphatic rings. The Bertz CT molecular complexity index is 675. The quantitative estimate of drug-likeness (QED) is 0.0610. The summed E-state index contributed by atoms with van der Waals surface area (Å²) in [6.45, 7) is 2.09. The molecule has 0 radical (unpaired) electrons. The molecule has 0 amide bonds. The van der Waals surface area contributed by atoms with Gasteiger partial charge in [0.2, 0.25) is 0 Å². The van der Waals surface area contributed by atoms with E-state index in [2.05, 4.69) is 24.3 Å². The first kappa shape index (κ1) is 32.1. The van der Waals surface area contributed by atoms with Crippen molar-refractivity contribution in [3.05, 3.63) is 0 Å². The summed E-state index contributed by atoms with van der Waals surface area (Å²) in [7, 11) is -20.1. The van der Waals surface area contributed by atoms with Gasteiger partial charge in [-0.1, -0.05) is 37.1 Å². The smallest absolute Gasteiger partial charge is 0.368 e. The average Bonchev–Trinajstić information content (AvgIpc) is 2.42. The van der Waals surface area contributed by atoms with Crippen LogP contribution in [0.25, 0.3) is 0 Å². The summed E-state index contributed by atoms with van der Waals surface area (Å²) in [5, 5.41) is 16.7. The first-order valence-corrected chi connectivity index (χ1v) is 11.7. The normalized spacial score (nSPS) is 12.6. The number of hydrogen-bond acceptors (Lipinski definition) is 14. The second kappa shape index (κ2) is 14.4. The summed E-state index contributed by atoms with van der Waals surface area (Å²) >= 11 is 0. The first-order valence-electron chi connectivity index (χ1n) is 6.20. The molecule has 0 heterocycles. The molecule has 0 aromatic carbocycles. The summed E-state index contributed by atoms with van der Waals surface area (Å²) in [6.07, 6.45) is 2.58. The van der Waals surface area contributed by atoms with Crippen LogP contribution >= 0.6 is 0 Å². The maximum Gasteiger partial charge on any atom is 0.425 e. The van der Waals surface area contributed by atoms with Gasteiger partial charge in [-0.3, -0.25) is 18.2 Å². The zero-order chi connectivity index (χ0) is 23.2. The Kier molecular flexibility index (Phi) is 16.5. The van der Waals surface area contributed by atoms with E-state index in [1.165, 1.54) is 0 Å². The summed E-state index contributed by atoms with van der Waals surface area (Å²) in [6, 6.07) is 0. The van der Waals surface area contributed by atoms with Gasteiger partial charge in [-0.15, -0.1) is 0 Å². The molecule has 174 valence electrons. The second-order valence-corrected chi connectivity index (χ2v) is 7.93. The summed E-state index contributed by atoms with van der Waals surface area (Å²) in [4.78, 5) is 0. The van der Waals surface area contributed by atoms with Crippen LogP contribution in [0.2, 0.25) is 0 Å². The summed E-state index contributed by atoms with van der Waals surface area (Å²) in [5.74, 6) is 0. The lowest BCUT2D eigenvalue weighted by Gasteiger charge is -1.99. The molecule has 0 saturated heterocycles. The minimum absolute atomic E-state index is 0.522. The molecule has 0 aliphatic heterocycles. The fourth-order valence-electron chi connectivity index (χ4n) is 0.717. The molecule has 0 aromatic heterocycles. The Hall–Kier alpha value is -0.600. The van der Waals surface area contributed by atoms with E-state index in [1.807, 2.05) is 0 Å². The third-order valence-corrected chi connectivity index (χ3v) is 2.60. The van der Waals surface area contributed by atoms with E-state index in [4.69, 9.17) is 28.4 Å². The number of aliphatic hydroxyl groups excluding tert-OH is 1. The van der Waals surface area contributed by atoms with Gasteiger partial charge in [0.1, 0.15) is 0 Å². The minimum Gasteiger partial charge on any atom is -0.368 e. The van der Waals surface area contributed by atoms with Crippen LogP contribution in [-0.2, 0) is 58.9 Å². The van der Waals surface area contributed by atoms with Gasteiger partial charge in [0.15, 0.2) is 6.29 Å². The van der Waals surface area contributed by atoms with Crippen LogP contribution in [0.5, 0.6) is 0 Å². The van der Waals surface area contributed by atoms with Crippen molar-refractivity contribution in [2.45, 2.75) is 38.9 Å². The van der Waals surface area contributed by atoms with E-state index in [1.54, 1.807) is 0 Å². The average molecular weight is 506 g/mol. The van der Waals surface area contributed by atoms with Crippen molar-refractivity contribution in [3.8, 4) is 0 Å². The van der Waals surface area contributed by atoms with Gasteiger partial charge in [-0.2, -0.15) is 33.7 Å². The highest BCUT2D eigenvalue weighted by Gasteiger charge is 2.14. The van der Waals surface area contributed by atoms with E-state index < -0.39 is 47.9 Å². The third-order valence-electron chi connectivity index (χ3n) is 1.47. The SMILES string of the molecule is CCCCCC(O)O.O=S(=O)(O)OOS(=O)(=O)O.O=S(=O)(O)OOS(=O)(=O)O. The van der Waals surface area contributed by atoms with E-state index in [9.17, 15) is 33.7 Å². The number of hydrogen-bond donors (Lipinski definition) is 6. The van der Waals surface area contributed by atoms with Crippen molar-refractivity contribution in [1.29, 1.82) is 0 Å². The molecule has 6 N–H and O–H groups in total. The van der Waals surface area contributed by atoms with Crippen LogP contribution in [0.15, 0.2) is 0 Å². The molecule has 0 saturated carbocycles. The Morgan fingerprint density at radius 3 is 1.00 bits per heavy atom. The number of rotatable bonds is 10. The highest BCUT2D eigenvalue weighted by atomic mass is 32.3. The third kappa shape index (κ3) is 44.7. The lowest BCUT2D eigenvalue weighted by Crippen LogP contribution is -2.10. The van der Waals surface area contributed by atoms with Crippen LogP contribution in [0, 0.1) is 0 Å². The van der Waals surface area contributed by atoms with Gasteiger partial charge < -0.3 is 10.2 Å². The highest BCUT2D eigenvalue weighted by Crippen LogP contribution is 2.00. The Morgan fingerprint density at radius 1 is 0.607 bits per heavy atom. The second-order valence-electron chi connectivity index (χ2n) is 3.96. The molecule has 0 spiro atoms. The first-order chi connectivity index (χ1) is 12.2. The molecule has 0 atom stereocenters. The number of aliphatic hydroxyl groups is 2. The van der Waals surface area contributed by atoms with Crippen molar-refractivity contribution in [2.24, 2.45) is 0 Å². The van der Waals surface area contributed by atoms with Crippen LogP contribution in [-0.4, -0.2) is 68.4 Å². The molecule has 18 nitrogen and oxygen atoms in total. The Labute approximate surface area is 160 Å². The van der Waals surface area contributed by atoms with Crippen molar-refractivity contribution >= 4 is 41.6 Å². The summed E-state index contributed by atoms with van der Waals surface area (Å²) < 4.78 is 118. The predicted octanol–water partition coefficient (Wildman–Crippen LogP) is -2.04. The number of unbranched alkanes of at least 4 members (excludes halogenated alkanes) is 2. The standard InChI is InChI=1S/C6H14O2.2H2O8S2/c1-2-3-4-5-6(7)8;2*1-9(2,3)7-8-10(4,5)6/h6-8H,2-5H2,1H3;2*(H,1,2,3)(H,4,5,6). The Morgan fingerprint density at radius 2 is 0.857 bits per heavy atom. The van der Waals surface area contributed by atoms with Gasteiger partial charge in [-0.05, 0) is 12.8 Å². The molecular formula is C6H18O18S4. The largest absolute Gasteiger partial charge is 0.425 e. The van der Waals surface area contributed by atoms with Gasteiger partial charge in [0, 0.05) is 0 Å². The Balaban J connectivity index is -0.000000337. The molecule has 0 fully saturated rings. The van der Waals surface area contributed by atoms with E-state index >= 15 is 0 Å². The van der Waals surface area contributed by atoms with Crippen molar-refractivity contribution in [1.82, 2.24) is 0 Å². The van der Waals surface area contributed by atoms with Crippen molar-refractivity contribution in [3.63, 3.8) is 0 Å². The molecule has 28 heavy (non-hydrogen) atoms. The fourth-order valence-corrected chi connectivity index (χ4v) is 1.84. The fraction of sp³-hybridized carbons (Fsp3) is 1.00. The molecule has 0 aromatic rings. The van der Waals surface area contributed by atoms with Crippen LogP contribution in [0.4, 0.5) is 0 Å². The van der Waals surface area contributed by atoms with Crippen molar-refractivity contribution < 1.29 is 79.4 Å². The van der Waals surface area contributed by atoms with Gasteiger partial charge in [-0.25, -0.2) is 0 Å². The lowest BCUT2D eigenvalue weighted by atomic mass is 10.2. The maximum absolute atomic E-state index is 9.51. The van der Waals surface area contributed by atoms with E-state index in [0.29, 0.717) is 6.42 Å². The van der Waals surface area contributed by atoms with Crippen LogP contribution < -0.4 is 0 Å². The van der Waals surface area contributed by atoms with E-state index in [-0.39, 0.29) is 0 Å². The molecule has 0 bridgehead atoms. The molecule has 0 unspecified atom stereocenters. The monoisotopic (exact) mass is 506 g/mol. The minimum atomic E-state index is -5.02.